The van der Waals surface area contributed by atoms with Crippen LogP contribution >= 0.6 is 0 Å². The maximum absolute atomic E-state index is 11.9. The molecule has 90 valence electrons. The summed E-state index contributed by atoms with van der Waals surface area (Å²) in [6.07, 6.45) is 1.90. The molecule has 0 aromatic heterocycles. The molecule has 0 aromatic rings. The molecule has 15 heavy (non-hydrogen) atoms. The summed E-state index contributed by atoms with van der Waals surface area (Å²) < 4.78 is 4.93. The predicted molar refractivity (Wildman–Crippen MR) is 59.6 cm³/mol. The fraction of sp³-hybridized carbons (Fsp3) is 0.909. The summed E-state index contributed by atoms with van der Waals surface area (Å²) >= 11 is 0. The van der Waals surface area contributed by atoms with Gasteiger partial charge < -0.3 is 14.7 Å². The quantitative estimate of drug-likeness (QED) is 0.657. The normalized spacial score (nSPS) is 12.5. The highest BCUT2D eigenvalue weighted by Gasteiger charge is 2.18. The Labute approximate surface area is 92.2 Å². The number of carbonyl (C=O) groups excluding carboxylic acids is 1. The Morgan fingerprint density at radius 3 is 2.60 bits per heavy atom. The van der Waals surface area contributed by atoms with Crippen LogP contribution in [-0.4, -0.2) is 49.3 Å². The van der Waals surface area contributed by atoms with Gasteiger partial charge in [-0.25, -0.2) is 0 Å². The molecule has 1 atom stereocenters. The number of aliphatic hydroxyl groups excluding tert-OH is 1. The van der Waals surface area contributed by atoms with Crippen LogP contribution in [0.15, 0.2) is 0 Å². The van der Waals surface area contributed by atoms with E-state index < -0.39 is 0 Å². The second-order valence-corrected chi connectivity index (χ2v) is 3.73. The zero-order valence-corrected chi connectivity index (χ0v) is 10.0. The minimum Gasteiger partial charge on any atom is -0.395 e. The summed E-state index contributed by atoms with van der Waals surface area (Å²) in [5.74, 6) is 0.154. The third-order valence-electron chi connectivity index (χ3n) is 2.39. The van der Waals surface area contributed by atoms with Crippen molar-refractivity contribution in [2.75, 3.05) is 33.4 Å². The molecule has 0 heterocycles. The average molecular weight is 217 g/mol. The van der Waals surface area contributed by atoms with Gasteiger partial charge in [0.25, 0.3) is 0 Å². The Kier molecular flexibility index (Phi) is 8.33. The highest BCUT2D eigenvalue weighted by molar-refractivity contribution is 5.78. The monoisotopic (exact) mass is 217 g/mol. The van der Waals surface area contributed by atoms with Gasteiger partial charge in [0.15, 0.2) is 0 Å². The maximum atomic E-state index is 11.9. The molecule has 0 rings (SSSR count). The van der Waals surface area contributed by atoms with Gasteiger partial charge >= 0.3 is 0 Å². The summed E-state index contributed by atoms with van der Waals surface area (Å²) in [4.78, 5) is 13.6. The number of hydrogen-bond donors (Lipinski definition) is 1. The van der Waals surface area contributed by atoms with Crippen molar-refractivity contribution in [1.29, 1.82) is 0 Å². The first-order valence-electron chi connectivity index (χ1n) is 5.55. The first-order chi connectivity index (χ1) is 7.17. The number of amides is 1. The van der Waals surface area contributed by atoms with Crippen molar-refractivity contribution in [3.63, 3.8) is 0 Å². The van der Waals surface area contributed by atoms with Crippen LogP contribution in [0.5, 0.6) is 0 Å². The zero-order valence-electron chi connectivity index (χ0n) is 10.0. The number of ether oxygens (including phenoxy) is 1. The SMILES string of the molecule is CCCC(C)C(=O)N(CCO)CCOC. The van der Waals surface area contributed by atoms with Gasteiger partial charge in [0.2, 0.25) is 5.91 Å². The lowest BCUT2D eigenvalue weighted by molar-refractivity contribution is -0.136. The average Bonchev–Trinajstić information content (AvgIpc) is 2.23. The highest BCUT2D eigenvalue weighted by atomic mass is 16.5. The zero-order chi connectivity index (χ0) is 11.7. The second-order valence-electron chi connectivity index (χ2n) is 3.73. The van der Waals surface area contributed by atoms with Crippen LogP contribution in [0, 0.1) is 5.92 Å². The lowest BCUT2D eigenvalue weighted by Gasteiger charge is -2.24. The van der Waals surface area contributed by atoms with Crippen LogP contribution in [0.1, 0.15) is 26.7 Å². The smallest absolute Gasteiger partial charge is 0.225 e. The third kappa shape index (κ3) is 5.74. The number of hydrogen-bond acceptors (Lipinski definition) is 3. The number of nitrogens with zero attached hydrogens (tertiary/aromatic N) is 1. The van der Waals surface area contributed by atoms with Crippen molar-refractivity contribution < 1.29 is 14.6 Å². The molecule has 0 aromatic carbocycles. The molecular formula is C11H23NO3. The van der Waals surface area contributed by atoms with Crippen LogP contribution in [0.25, 0.3) is 0 Å². The van der Waals surface area contributed by atoms with Crippen molar-refractivity contribution in [2.24, 2.45) is 5.92 Å². The summed E-state index contributed by atoms with van der Waals surface area (Å²) in [6, 6.07) is 0. The molecule has 1 amide bonds. The first kappa shape index (κ1) is 14.4. The predicted octanol–water partition coefficient (Wildman–Crippen LogP) is 0.890. The molecule has 0 spiro atoms. The maximum Gasteiger partial charge on any atom is 0.225 e. The minimum atomic E-state index is 0.00823. The van der Waals surface area contributed by atoms with Gasteiger partial charge in [0, 0.05) is 26.1 Å². The number of carbonyl (C=O) groups is 1. The van der Waals surface area contributed by atoms with Gasteiger partial charge in [-0.3, -0.25) is 4.79 Å². The van der Waals surface area contributed by atoms with E-state index in [4.69, 9.17) is 9.84 Å². The van der Waals surface area contributed by atoms with E-state index >= 15 is 0 Å². The second kappa shape index (κ2) is 8.68. The molecule has 1 unspecified atom stereocenters. The van der Waals surface area contributed by atoms with E-state index in [-0.39, 0.29) is 18.4 Å². The number of rotatable bonds is 8. The van der Waals surface area contributed by atoms with Crippen LogP contribution < -0.4 is 0 Å². The molecule has 0 aliphatic carbocycles. The lowest BCUT2D eigenvalue weighted by Crippen LogP contribution is -2.39. The van der Waals surface area contributed by atoms with Crippen LogP contribution in [0.2, 0.25) is 0 Å². The van der Waals surface area contributed by atoms with E-state index in [1.807, 2.05) is 6.92 Å². The van der Waals surface area contributed by atoms with E-state index in [9.17, 15) is 4.79 Å². The Morgan fingerprint density at radius 1 is 1.47 bits per heavy atom. The standard InChI is InChI=1S/C11H23NO3/c1-4-5-10(2)11(14)12(6-8-13)7-9-15-3/h10,13H,4-9H2,1-3H3. The van der Waals surface area contributed by atoms with Crippen LogP contribution in [0.4, 0.5) is 0 Å². The Morgan fingerprint density at radius 2 is 2.13 bits per heavy atom. The largest absolute Gasteiger partial charge is 0.395 e. The van der Waals surface area contributed by atoms with E-state index in [1.165, 1.54) is 0 Å². The van der Waals surface area contributed by atoms with Gasteiger partial charge in [-0.2, -0.15) is 0 Å². The molecule has 0 radical (unpaired) electrons. The molecule has 1 N–H and O–H groups in total. The van der Waals surface area contributed by atoms with Crippen molar-refractivity contribution >= 4 is 5.91 Å². The van der Waals surface area contributed by atoms with Crippen molar-refractivity contribution in [2.45, 2.75) is 26.7 Å². The highest BCUT2D eigenvalue weighted by Crippen LogP contribution is 2.09. The molecule has 4 heteroatoms. The Hall–Kier alpha value is -0.610. The van der Waals surface area contributed by atoms with Crippen LogP contribution in [-0.2, 0) is 9.53 Å². The van der Waals surface area contributed by atoms with Gasteiger partial charge in [0.05, 0.1) is 13.2 Å². The summed E-state index contributed by atoms with van der Waals surface area (Å²) in [6.45, 7) is 5.48. The van der Waals surface area contributed by atoms with Crippen molar-refractivity contribution in [1.82, 2.24) is 4.90 Å². The van der Waals surface area contributed by atoms with Gasteiger partial charge in [-0.1, -0.05) is 20.3 Å². The topological polar surface area (TPSA) is 49.8 Å². The number of aliphatic hydroxyl groups is 1. The van der Waals surface area contributed by atoms with Gasteiger partial charge in [0.1, 0.15) is 0 Å². The van der Waals surface area contributed by atoms with Crippen molar-refractivity contribution in [3.05, 3.63) is 0 Å². The minimum absolute atomic E-state index is 0.00823. The molecule has 0 bridgehead atoms. The van der Waals surface area contributed by atoms with Crippen molar-refractivity contribution in [3.8, 4) is 0 Å². The Balaban J connectivity index is 4.13. The molecule has 0 fully saturated rings. The van der Waals surface area contributed by atoms with E-state index in [0.29, 0.717) is 19.7 Å². The van der Waals surface area contributed by atoms with E-state index in [1.54, 1.807) is 12.0 Å². The van der Waals surface area contributed by atoms with Gasteiger partial charge in [-0.05, 0) is 6.42 Å². The summed E-state index contributed by atoms with van der Waals surface area (Å²) in [7, 11) is 1.61. The fourth-order valence-electron chi connectivity index (χ4n) is 1.52. The third-order valence-corrected chi connectivity index (χ3v) is 2.39. The van der Waals surface area contributed by atoms with Gasteiger partial charge in [-0.15, -0.1) is 0 Å². The van der Waals surface area contributed by atoms with E-state index in [0.717, 1.165) is 12.8 Å². The Bertz CT molecular complexity index is 173. The molecule has 0 aliphatic heterocycles. The molecule has 4 nitrogen and oxygen atoms in total. The lowest BCUT2D eigenvalue weighted by atomic mass is 10.0. The number of methoxy groups -OCH3 is 1. The first-order valence-corrected chi connectivity index (χ1v) is 5.55. The molecule has 0 saturated heterocycles. The van der Waals surface area contributed by atoms with E-state index in [2.05, 4.69) is 6.92 Å². The molecule has 0 aliphatic rings. The molecular weight excluding hydrogens is 194 g/mol. The summed E-state index contributed by atoms with van der Waals surface area (Å²) in [5, 5.41) is 8.86. The molecule has 0 saturated carbocycles. The van der Waals surface area contributed by atoms with Crippen LogP contribution in [0.3, 0.4) is 0 Å². The fourth-order valence-corrected chi connectivity index (χ4v) is 1.52. The summed E-state index contributed by atoms with van der Waals surface area (Å²) in [5.41, 5.74) is 0.